The molecule has 0 aliphatic rings. The Kier molecular flexibility index (Phi) is 5.63. The molecule has 0 bridgehead atoms. The zero-order valence-electron chi connectivity index (χ0n) is 10.8. The highest BCUT2D eigenvalue weighted by molar-refractivity contribution is 9.10. The summed E-state index contributed by atoms with van der Waals surface area (Å²) in [5, 5.41) is 18.2. The van der Waals surface area contributed by atoms with Gasteiger partial charge in [0.25, 0.3) is 0 Å². The summed E-state index contributed by atoms with van der Waals surface area (Å²) in [4.78, 5) is 0. The fourth-order valence-corrected chi connectivity index (χ4v) is 2.88. The van der Waals surface area contributed by atoms with Crippen LogP contribution in [0, 0.1) is 20.8 Å². The normalized spacial score (nSPS) is 11.2. The second kappa shape index (κ2) is 6.53. The Bertz CT molecular complexity index is 382. The van der Waals surface area contributed by atoms with Gasteiger partial charge in [0, 0.05) is 17.7 Å². The second-order valence-electron chi connectivity index (χ2n) is 4.57. The van der Waals surface area contributed by atoms with Crippen molar-refractivity contribution in [1.82, 2.24) is 0 Å². The molecule has 2 N–H and O–H groups in total. The van der Waals surface area contributed by atoms with E-state index in [1.165, 1.54) is 22.3 Å². The topological polar surface area (TPSA) is 40.5 Å². The number of aryl methyl sites for hydroxylation is 1. The van der Waals surface area contributed by atoms with Crippen molar-refractivity contribution in [3.8, 4) is 0 Å². The molecule has 96 valence electrons. The molecule has 0 heterocycles. The second-order valence-corrected chi connectivity index (χ2v) is 5.36. The molecule has 0 aliphatic heterocycles. The van der Waals surface area contributed by atoms with Gasteiger partial charge in [-0.25, -0.2) is 0 Å². The van der Waals surface area contributed by atoms with Gasteiger partial charge in [0.15, 0.2) is 0 Å². The van der Waals surface area contributed by atoms with E-state index in [2.05, 4.69) is 42.8 Å². The van der Waals surface area contributed by atoms with Gasteiger partial charge in [-0.1, -0.05) is 22.0 Å². The summed E-state index contributed by atoms with van der Waals surface area (Å²) in [5.74, 6) is 0.220. The van der Waals surface area contributed by atoms with Gasteiger partial charge in [0.1, 0.15) is 0 Å². The molecule has 0 aromatic heterocycles. The third-order valence-corrected chi connectivity index (χ3v) is 4.56. The van der Waals surface area contributed by atoms with E-state index in [1.807, 2.05) is 0 Å². The zero-order chi connectivity index (χ0) is 13.0. The highest BCUT2D eigenvalue weighted by Gasteiger charge is 2.17. The van der Waals surface area contributed by atoms with Gasteiger partial charge in [0.2, 0.25) is 0 Å². The lowest BCUT2D eigenvalue weighted by Gasteiger charge is -2.20. The van der Waals surface area contributed by atoms with Gasteiger partial charge in [-0.3, -0.25) is 0 Å². The molecule has 1 aromatic rings. The van der Waals surface area contributed by atoms with Crippen molar-refractivity contribution in [3.05, 3.63) is 32.8 Å². The lowest BCUT2D eigenvalue weighted by Crippen LogP contribution is -2.07. The van der Waals surface area contributed by atoms with Gasteiger partial charge in [-0.15, -0.1) is 0 Å². The van der Waals surface area contributed by atoms with Crippen LogP contribution in [-0.2, 0) is 0 Å². The molecule has 0 aliphatic carbocycles. The Balaban J connectivity index is 3.18. The third kappa shape index (κ3) is 3.30. The van der Waals surface area contributed by atoms with Crippen LogP contribution in [0.4, 0.5) is 0 Å². The summed E-state index contributed by atoms with van der Waals surface area (Å²) in [6.45, 7) is 6.64. The molecule has 1 aromatic carbocycles. The molecule has 0 fully saturated rings. The largest absolute Gasteiger partial charge is 0.396 e. The molecular formula is C14H21BrO2. The Morgan fingerprint density at radius 2 is 1.59 bits per heavy atom. The van der Waals surface area contributed by atoms with E-state index in [1.54, 1.807) is 0 Å². The van der Waals surface area contributed by atoms with Gasteiger partial charge in [-0.2, -0.15) is 0 Å². The number of aliphatic hydroxyl groups excluding tert-OH is 2. The molecule has 0 atom stereocenters. The summed E-state index contributed by atoms with van der Waals surface area (Å²) in [7, 11) is 0. The van der Waals surface area contributed by atoms with Gasteiger partial charge >= 0.3 is 0 Å². The fraction of sp³-hybridized carbons (Fsp3) is 0.571. The Morgan fingerprint density at radius 1 is 1.06 bits per heavy atom. The molecule has 3 heteroatoms. The van der Waals surface area contributed by atoms with Gasteiger partial charge < -0.3 is 10.2 Å². The highest BCUT2D eigenvalue weighted by Crippen LogP contribution is 2.34. The van der Waals surface area contributed by atoms with Crippen LogP contribution in [0.15, 0.2) is 10.5 Å². The molecule has 1 rings (SSSR count). The molecule has 0 spiro atoms. The summed E-state index contributed by atoms with van der Waals surface area (Å²) >= 11 is 3.64. The van der Waals surface area contributed by atoms with Crippen LogP contribution < -0.4 is 0 Å². The molecular weight excluding hydrogens is 280 g/mol. The third-order valence-electron chi connectivity index (χ3n) is 3.50. The average molecular weight is 301 g/mol. The Morgan fingerprint density at radius 3 is 2.06 bits per heavy atom. The number of hydrogen-bond acceptors (Lipinski definition) is 2. The maximum atomic E-state index is 9.11. The average Bonchev–Trinajstić information content (AvgIpc) is 2.31. The smallest absolute Gasteiger partial charge is 0.0436 e. The summed E-state index contributed by atoms with van der Waals surface area (Å²) in [5.41, 5.74) is 5.02. The first-order valence-electron chi connectivity index (χ1n) is 6.00. The number of rotatable bonds is 5. The molecule has 0 unspecified atom stereocenters. The van der Waals surface area contributed by atoms with Gasteiger partial charge in [0.05, 0.1) is 0 Å². The minimum atomic E-state index is 0.156. The molecule has 0 saturated heterocycles. The van der Waals surface area contributed by atoms with E-state index in [0.717, 1.165) is 4.47 Å². The summed E-state index contributed by atoms with van der Waals surface area (Å²) in [6.07, 6.45) is 1.39. The van der Waals surface area contributed by atoms with Crippen molar-refractivity contribution in [2.75, 3.05) is 13.2 Å². The van der Waals surface area contributed by atoms with E-state index in [0.29, 0.717) is 12.8 Å². The van der Waals surface area contributed by atoms with E-state index in [9.17, 15) is 0 Å². The van der Waals surface area contributed by atoms with E-state index in [-0.39, 0.29) is 19.1 Å². The maximum absolute atomic E-state index is 9.11. The van der Waals surface area contributed by atoms with Crippen LogP contribution >= 0.6 is 15.9 Å². The lowest BCUT2D eigenvalue weighted by atomic mass is 9.89. The minimum absolute atomic E-state index is 0.156. The highest BCUT2D eigenvalue weighted by atomic mass is 79.9. The predicted octanol–water partition coefficient (Wildman–Crippen LogP) is 3.22. The number of hydrogen-bond donors (Lipinski definition) is 2. The van der Waals surface area contributed by atoms with E-state index >= 15 is 0 Å². The van der Waals surface area contributed by atoms with Crippen molar-refractivity contribution in [2.24, 2.45) is 0 Å². The molecule has 0 saturated carbocycles. The van der Waals surface area contributed by atoms with Crippen LogP contribution in [0.25, 0.3) is 0 Å². The Hall–Kier alpha value is -0.380. The van der Waals surface area contributed by atoms with Crippen molar-refractivity contribution in [1.29, 1.82) is 0 Å². The van der Waals surface area contributed by atoms with Crippen LogP contribution in [0.5, 0.6) is 0 Å². The molecule has 0 amide bonds. The van der Waals surface area contributed by atoms with Crippen LogP contribution in [-0.4, -0.2) is 23.4 Å². The molecule has 0 radical (unpaired) electrons. The number of benzene rings is 1. The zero-order valence-corrected chi connectivity index (χ0v) is 12.3. The van der Waals surface area contributed by atoms with Crippen molar-refractivity contribution in [3.63, 3.8) is 0 Å². The monoisotopic (exact) mass is 300 g/mol. The van der Waals surface area contributed by atoms with Crippen molar-refractivity contribution < 1.29 is 10.2 Å². The quantitative estimate of drug-likeness (QED) is 0.876. The maximum Gasteiger partial charge on any atom is 0.0436 e. The van der Waals surface area contributed by atoms with Crippen LogP contribution in [0.2, 0.25) is 0 Å². The van der Waals surface area contributed by atoms with Crippen molar-refractivity contribution >= 4 is 15.9 Å². The first-order valence-corrected chi connectivity index (χ1v) is 6.80. The standard InChI is InChI=1S/C14H21BrO2/c1-9-8-13(12(4-6-16)5-7-17)14(15)11(3)10(9)2/h8,12,16-17H,4-7H2,1-3H3. The number of halogens is 1. The Labute approximate surface area is 112 Å². The van der Waals surface area contributed by atoms with E-state index in [4.69, 9.17) is 10.2 Å². The van der Waals surface area contributed by atoms with Gasteiger partial charge in [-0.05, 0) is 61.8 Å². The molecule has 2 nitrogen and oxygen atoms in total. The van der Waals surface area contributed by atoms with Crippen LogP contribution in [0.3, 0.4) is 0 Å². The fourth-order valence-electron chi connectivity index (χ4n) is 2.15. The SMILES string of the molecule is Cc1cc(C(CCO)CCO)c(Br)c(C)c1C. The first-order chi connectivity index (χ1) is 8.02. The van der Waals surface area contributed by atoms with Crippen molar-refractivity contribution in [2.45, 2.75) is 39.5 Å². The summed E-state index contributed by atoms with van der Waals surface area (Å²) in [6, 6.07) is 2.17. The lowest BCUT2D eigenvalue weighted by molar-refractivity contribution is 0.241. The minimum Gasteiger partial charge on any atom is -0.396 e. The van der Waals surface area contributed by atoms with E-state index < -0.39 is 0 Å². The van der Waals surface area contributed by atoms with Crippen LogP contribution in [0.1, 0.15) is 41.0 Å². The predicted molar refractivity (Wildman–Crippen MR) is 74.5 cm³/mol. The summed E-state index contributed by atoms with van der Waals surface area (Å²) < 4.78 is 1.12. The molecule has 17 heavy (non-hydrogen) atoms. The number of aliphatic hydroxyl groups is 2. The first kappa shape index (κ1) is 14.7.